The van der Waals surface area contributed by atoms with Gasteiger partial charge in [-0.05, 0) is 12.1 Å². The van der Waals surface area contributed by atoms with Gasteiger partial charge in [0.1, 0.15) is 0 Å². The van der Waals surface area contributed by atoms with Crippen molar-refractivity contribution < 1.29 is 4.52 Å². The van der Waals surface area contributed by atoms with Gasteiger partial charge in [-0.2, -0.15) is 0 Å². The van der Waals surface area contributed by atoms with Crippen molar-refractivity contribution in [2.45, 2.75) is 0 Å². The summed E-state index contributed by atoms with van der Waals surface area (Å²) in [5.41, 5.74) is 7.42. The molecule has 0 aliphatic heterocycles. The highest BCUT2D eigenvalue weighted by molar-refractivity contribution is 5.92. The van der Waals surface area contributed by atoms with Crippen LogP contribution in [-0.2, 0) is 0 Å². The van der Waals surface area contributed by atoms with Gasteiger partial charge in [0, 0.05) is 23.2 Å². The fourth-order valence-electron chi connectivity index (χ4n) is 1.73. The fourth-order valence-corrected chi connectivity index (χ4v) is 1.73. The SMILES string of the molecule is Nc1cc(-c2ccnc3ccccc23)on1. The maximum Gasteiger partial charge on any atom is 0.169 e. The van der Waals surface area contributed by atoms with Crippen LogP contribution in [0.4, 0.5) is 5.82 Å². The van der Waals surface area contributed by atoms with Crippen LogP contribution >= 0.6 is 0 Å². The Morgan fingerprint density at radius 3 is 2.81 bits per heavy atom. The molecule has 0 saturated carbocycles. The number of nitrogens with zero attached hydrogens (tertiary/aromatic N) is 2. The molecule has 4 nitrogen and oxygen atoms in total. The second-order valence-electron chi connectivity index (χ2n) is 3.49. The van der Waals surface area contributed by atoms with Crippen LogP contribution in [-0.4, -0.2) is 10.1 Å². The highest BCUT2D eigenvalue weighted by atomic mass is 16.5. The Morgan fingerprint density at radius 1 is 1.12 bits per heavy atom. The van der Waals surface area contributed by atoms with Crippen molar-refractivity contribution in [3.8, 4) is 11.3 Å². The van der Waals surface area contributed by atoms with Crippen molar-refractivity contribution in [3.63, 3.8) is 0 Å². The second-order valence-corrected chi connectivity index (χ2v) is 3.49. The molecule has 0 atom stereocenters. The first-order chi connectivity index (χ1) is 7.84. The van der Waals surface area contributed by atoms with E-state index in [0.717, 1.165) is 16.5 Å². The Hall–Kier alpha value is -2.36. The molecule has 2 N–H and O–H groups in total. The molecule has 3 aromatic rings. The van der Waals surface area contributed by atoms with Gasteiger partial charge in [-0.25, -0.2) is 0 Å². The van der Waals surface area contributed by atoms with Crippen molar-refractivity contribution in [3.05, 3.63) is 42.6 Å². The standard InChI is InChI=1S/C12H9N3O/c13-12-7-11(16-15-12)9-5-6-14-10-4-2-1-3-8(9)10/h1-7H,(H2,13,15). The molecule has 2 heterocycles. The predicted octanol–water partition coefficient (Wildman–Crippen LogP) is 2.47. The summed E-state index contributed by atoms with van der Waals surface area (Å²) < 4.78 is 5.16. The molecule has 0 aliphatic carbocycles. The van der Waals surface area contributed by atoms with Gasteiger partial charge in [0.25, 0.3) is 0 Å². The average molecular weight is 211 g/mol. The van der Waals surface area contributed by atoms with E-state index >= 15 is 0 Å². The summed E-state index contributed by atoms with van der Waals surface area (Å²) in [5.74, 6) is 1.05. The van der Waals surface area contributed by atoms with Crippen LogP contribution in [0.15, 0.2) is 47.1 Å². The van der Waals surface area contributed by atoms with E-state index in [2.05, 4.69) is 10.1 Å². The maximum atomic E-state index is 5.54. The van der Waals surface area contributed by atoms with Crippen LogP contribution in [0.5, 0.6) is 0 Å². The lowest BCUT2D eigenvalue weighted by Crippen LogP contribution is -1.82. The molecule has 0 bridgehead atoms. The Kier molecular flexibility index (Phi) is 1.86. The molecular formula is C12H9N3O. The van der Waals surface area contributed by atoms with Crippen LogP contribution in [0.1, 0.15) is 0 Å². The van der Waals surface area contributed by atoms with Gasteiger partial charge >= 0.3 is 0 Å². The second kappa shape index (κ2) is 3.34. The third-order valence-corrected chi connectivity index (χ3v) is 2.44. The highest BCUT2D eigenvalue weighted by Gasteiger charge is 2.08. The molecule has 0 aliphatic rings. The van der Waals surface area contributed by atoms with Crippen LogP contribution in [0.25, 0.3) is 22.2 Å². The molecule has 1 aromatic carbocycles. The predicted molar refractivity (Wildman–Crippen MR) is 61.7 cm³/mol. The fraction of sp³-hybridized carbons (Fsp3) is 0. The van der Waals surface area contributed by atoms with E-state index in [1.807, 2.05) is 30.3 Å². The van der Waals surface area contributed by atoms with Gasteiger partial charge in [0.05, 0.1) is 5.52 Å². The van der Waals surface area contributed by atoms with E-state index in [4.69, 9.17) is 10.3 Å². The number of benzene rings is 1. The Balaban J connectivity index is 2.31. The van der Waals surface area contributed by atoms with Gasteiger partial charge in [0.15, 0.2) is 11.6 Å². The summed E-state index contributed by atoms with van der Waals surface area (Å²) in [5, 5.41) is 4.71. The lowest BCUT2D eigenvalue weighted by Gasteiger charge is -2.01. The van der Waals surface area contributed by atoms with Crippen LogP contribution < -0.4 is 5.73 Å². The van der Waals surface area contributed by atoms with E-state index in [1.54, 1.807) is 12.3 Å². The summed E-state index contributed by atoms with van der Waals surface area (Å²) in [4.78, 5) is 4.28. The highest BCUT2D eigenvalue weighted by Crippen LogP contribution is 2.27. The third kappa shape index (κ3) is 1.32. The zero-order valence-electron chi connectivity index (χ0n) is 8.42. The van der Waals surface area contributed by atoms with E-state index < -0.39 is 0 Å². The van der Waals surface area contributed by atoms with Crippen molar-refractivity contribution in [2.24, 2.45) is 0 Å². The molecule has 2 aromatic heterocycles. The van der Waals surface area contributed by atoms with Crippen molar-refractivity contribution in [1.82, 2.24) is 10.1 Å². The van der Waals surface area contributed by atoms with E-state index in [9.17, 15) is 0 Å². The molecule has 0 unspecified atom stereocenters. The molecular weight excluding hydrogens is 202 g/mol. The largest absolute Gasteiger partial charge is 0.381 e. The molecule has 3 rings (SSSR count). The zero-order chi connectivity index (χ0) is 11.0. The monoisotopic (exact) mass is 211 g/mol. The summed E-state index contributed by atoms with van der Waals surface area (Å²) in [6.45, 7) is 0. The van der Waals surface area contributed by atoms with Crippen LogP contribution in [0, 0.1) is 0 Å². The number of pyridine rings is 1. The summed E-state index contributed by atoms with van der Waals surface area (Å²) in [7, 11) is 0. The molecule has 0 amide bonds. The van der Waals surface area contributed by atoms with Gasteiger partial charge in [-0.3, -0.25) is 4.98 Å². The molecule has 16 heavy (non-hydrogen) atoms. The Bertz CT molecular complexity index is 640. The van der Waals surface area contributed by atoms with Gasteiger partial charge in [-0.1, -0.05) is 23.4 Å². The number of anilines is 1. The number of hydrogen-bond donors (Lipinski definition) is 1. The summed E-state index contributed by atoms with van der Waals surface area (Å²) >= 11 is 0. The summed E-state index contributed by atoms with van der Waals surface area (Å²) in [6, 6.07) is 11.5. The normalized spacial score (nSPS) is 10.8. The first-order valence-corrected chi connectivity index (χ1v) is 4.91. The number of rotatable bonds is 1. The molecule has 4 heteroatoms. The number of nitrogens with two attached hydrogens (primary N) is 1. The van der Waals surface area contributed by atoms with Crippen LogP contribution in [0.3, 0.4) is 0 Å². The number of nitrogen functional groups attached to an aromatic ring is 1. The average Bonchev–Trinajstić information content (AvgIpc) is 2.75. The molecule has 78 valence electrons. The van der Waals surface area contributed by atoms with Gasteiger partial charge in [-0.15, -0.1) is 0 Å². The van der Waals surface area contributed by atoms with Gasteiger partial charge in [0.2, 0.25) is 0 Å². The smallest absolute Gasteiger partial charge is 0.169 e. The minimum absolute atomic E-state index is 0.385. The quantitative estimate of drug-likeness (QED) is 0.671. The van der Waals surface area contributed by atoms with E-state index in [1.165, 1.54) is 0 Å². The van der Waals surface area contributed by atoms with Gasteiger partial charge < -0.3 is 10.3 Å². The third-order valence-electron chi connectivity index (χ3n) is 2.44. The topological polar surface area (TPSA) is 64.9 Å². The van der Waals surface area contributed by atoms with Crippen molar-refractivity contribution in [1.29, 1.82) is 0 Å². The number of hydrogen-bond acceptors (Lipinski definition) is 4. The van der Waals surface area contributed by atoms with E-state index in [-0.39, 0.29) is 0 Å². The first kappa shape index (κ1) is 8.91. The minimum Gasteiger partial charge on any atom is -0.381 e. The van der Waals surface area contributed by atoms with Crippen LogP contribution in [0.2, 0.25) is 0 Å². The molecule has 0 fully saturated rings. The lowest BCUT2D eigenvalue weighted by atomic mass is 10.1. The molecule has 0 radical (unpaired) electrons. The molecule has 0 saturated heterocycles. The minimum atomic E-state index is 0.385. The summed E-state index contributed by atoms with van der Waals surface area (Å²) in [6.07, 6.45) is 1.75. The van der Waals surface area contributed by atoms with Crippen molar-refractivity contribution in [2.75, 3.05) is 5.73 Å². The first-order valence-electron chi connectivity index (χ1n) is 4.91. The van der Waals surface area contributed by atoms with E-state index in [0.29, 0.717) is 11.6 Å². The number of aromatic nitrogens is 2. The lowest BCUT2D eigenvalue weighted by molar-refractivity contribution is 0.436. The zero-order valence-corrected chi connectivity index (χ0v) is 8.42. The maximum absolute atomic E-state index is 5.54. The molecule has 0 spiro atoms. The Morgan fingerprint density at radius 2 is 2.00 bits per heavy atom. The van der Waals surface area contributed by atoms with Crippen molar-refractivity contribution >= 4 is 16.7 Å². The number of para-hydroxylation sites is 1. The number of fused-ring (bicyclic) bond motifs is 1. The Labute approximate surface area is 91.7 Å².